The largest absolute Gasteiger partial charge is 0.481 e. The Bertz CT molecular complexity index is 2020. The van der Waals surface area contributed by atoms with Crippen molar-refractivity contribution in [3.63, 3.8) is 0 Å². The number of rotatable bonds is 6. The molecular weight excluding hydrogens is 616 g/mol. The Morgan fingerprint density at radius 3 is 2.57 bits per heavy atom. The summed E-state index contributed by atoms with van der Waals surface area (Å²) in [6.07, 6.45) is 8.03. The summed E-state index contributed by atoms with van der Waals surface area (Å²) >= 11 is 7.06. The molecule has 4 heterocycles. The van der Waals surface area contributed by atoms with Crippen molar-refractivity contribution < 1.29 is 14.6 Å². The fraction of sp³-hybridized carbons (Fsp3) is 0.306. The van der Waals surface area contributed by atoms with Gasteiger partial charge < -0.3 is 20.5 Å². The van der Waals surface area contributed by atoms with Crippen LogP contribution in [0.1, 0.15) is 36.0 Å². The number of nitrogens with one attached hydrogen (secondary N) is 2. The molecule has 0 radical (unpaired) electrons. The van der Waals surface area contributed by atoms with E-state index in [0.29, 0.717) is 22.1 Å². The number of fused-ring (bicyclic) bond motifs is 2. The van der Waals surface area contributed by atoms with Crippen molar-refractivity contribution in [2.24, 2.45) is 13.0 Å². The van der Waals surface area contributed by atoms with E-state index in [0.717, 1.165) is 84.2 Å². The van der Waals surface area contributed by atoms with Crippen LogP contribution in [0.3, 0.4) is 0 Å². The van der Waals surface area contributed by atoms with Crippen LogP contribution >= 0.6 is 11.6 Å². The first kappa shape index (κ1) is 32.2. The zero-order chi connectivity index (χ0) is 33.1. The molecule has 2 aromatic carbocycles. The molecule has 0 spiro atoms. The number of ether oxygens (including phenoxy) is 1. The molecule has 1 saturated heterocycles. The predicted molar refractivity (Wildman–Crippen MR) is 185 cm³/mol. The maximum Gasteiger partial charge on any atom is 0.306 e. The lowest BCUT2D eigenvalue weighted by Gasteiger charge is -2.17. The number of piperidine rings is 1. The average Bonchev–Trinajstić information content (AvgIpc) is 3.57. The maximum atomic E-state index is 12.8. The third kappa shape index (κ3) is 6.57. The second-order valence-electron chi connectivity index (χ2n) is 11.8. The van der Waals surface area contributed by atoms with Gasteiger partial charge in [-0.05, 0) is 87.0 Å². The second-order valence-corrected chi connectivity index (χ2v) is 12.2. The van der Waals surface area contributed by atoms with E-state index >= 15 is 0 Å². The fourth-order valence-corrected chi connectivity index (χ4v) is 6.64. The molecule has 0 unspecified atom stereocenters. The number of nitrogens with zero attached hydrogens (tertiary/aromatic N) is 4. The van der Waals surface area contributed by atoms with Gasteiger partial charge in [0.2, 0.25) is 5.88 Å². The Labute approximate surface area is 277 Å². The molecule has 7 rings (SSSR count). The molecule has 3 N–H and O–H groups in total. The number of aromatic nitrogens is 4. The molecule has 0 amide bonds. The van der Waals surface area contributed by atoms with Gasteiger partial charge >= 0.3 is 5.97 Å². The lowest BCUT2D eigenvalue weighted by molar-refractivity contribution is -0.142. The van der Waals surface area contributed by atoms with Gasteiger partial charge in [0.1, 0.15) is 5.82 Å². The Balaban J connectivity index is 0.000000373. The smallest absolute Gasteiger partial charge is 0.306 e. The van der Waals surface area contributed by atoms with Gasteiger partial charge in [0.25, 0.3) is 5.56 Å². The SMILES string of the molecule is COc1nc(-c2cccc(-c3cccc(Nc4nccc5cnn(C)c(=O)c45)c3C)c2Cl)cc2c1CCC2.O=C(O)C1CCNCC1. The Hall–Kier alpha value is -4.80. The minimum Gasteiger partial charge on any atom is -0.481 e. The number of carbonyl (C=O) groups is 1. The highest BCUT2D eigenvalue weighted by molar-refractivity contribution is 6.36. The van der Waals surface area contributed by atoms with E-state index in [-0.39, 0.29) is 11.5 Å². The van der Waals surface area contributed by atoms with Crippen LogP contribution in [0, 0.1) is 12.8 Å². The fourth-order valence-electron chi connectivity index (χ4n) is 6.32. The first-order valence-corrected chi connectivity index (χ1v) is 16.1. The monoisotopic (exact) mass is 652 g/mol. The standard InChI is InChI=1S/C30H26ClN5O2.C6H11NO2/c1-17-20(8-6-12-24(17)34-28-26-19(13-14-32-28)16-33-36(2)30(26)37)22-10-5-11-23(27(22)31)25-15-18-7-4-9-21(18)29(35-25)38-3;8-6(9)5-1-3-7-4-2-5/h5-6,8,10-16H,4,7,9H2,1-3H3,(H,32,34);5,7H,1-4H2,(H,8,9). The zero-order valence-electron chi connectivity index (χ0n) is 26.6. The number of carboxylic acids is 1. The van der Waals surface area contributed by atoms with Crippen molar-refractivity contribution in [3.05, 3.63) is 93.0 Å². The highest BCUT2D eigenvalue weighted by Gasteiger charge is 2.22. The van der Waals surface area contributed by atoms with Gasteiger partial charge in [0.05, 0.1) is 35.3 Å². The van der Waals surface area contributed by atoms with E-state index in [9.17, 15) is 9.59 Å². The first-order chi connectivity index (χ1) is 22.8. The molecule has 0 saturated carbocycles. The van der Waals surface area contributed by atoms with Crippen molar-refractivity contribution >= 4 is 39.8 Å². The van der Waals surface area contributed by atoms with Crippen molar-refractivity contribution in [1.29, 1.82) is 0 Å². The molecule has 11 heteroatoms. The minimum atomic E-state index is -0.642. The summed E-state index contributed by atoms with van der Waals surface area (Å²) in [7, 11) is 3.30. The molecule has 47 heavy (non-hydrogen) atoms. The summed E-state index contributed by atoms with van der Waals surface area (Å²) in [5, 5.41) is 21.0. The Morgan fingerprint density at radius 2 is 1.83 bits per heavy atom. The van der Waals surface area contributed by atoms with E-state index in [1.54, 1.807) is 32.6 Å². The van der Waals surface area contributed by atoms with Crippen molar-refractivity contribution in [2.75, 3.05) is 25.5 Å². The summed E-state index contributed by atoms with van der Waals surface area (Å²) in [5.74, 6) is 0.436. The normalized spacial score (nSPS) is 14.3. The highest BCUT2D eigenvalue weighted by atomic mass is 35.5. The molecule has 3 aromatic heterocycles. The van der Waals surface area contributed by atoms with Gasteiger partial charge in [-0.1, -0.05) is 41.9 Å². The lowest BCUT2D eigenvalue weighted by Crippen LogP contribution is -2.31. The number of benzene rings is 2. The number of hydrogen-bond acceptors (Lipinski definition) is 8. The van der Waals surface area contributed by atoms with Crippen LogP contribution in [-0.2, 0) is 24.7 Å². The number of aliphatic carboxylic acids is 1. The van der Waals surface area contributed by atoms with Crippen molar-refractivity contribution in [2.45, 2.75) is 39.0 Å². The summed E-state index contributed by atoms with van der Waals surface area (Å²) in [6, 6.07) is 15.9. The van der Waals surface area contributed by atoms with E-state index in [4.69, 9.17) is 26.4 Å². The molecule has 1 fully saturated rings. The molecule has 0 atom stereocenters. The predicted octanol–water partition coefficient (Wildman–Crippen LogP) is 6.33. The molecule has 0 bridgehead atoms. The number of pyridine rings is 2. The number of methoxy groups -OCH3 is 1. The van der Waals surface area contributed by atoms with Crippen LogP contribution in [0.25, 0.3) is 33.2 Å². The lowest BCUT2D eigenvalue weighted by atomic mass is 9.96. The number of halogens is 1. The maximum absolute atomic E-state index is 12.8. The zero-order valence-corrected chi connectivity index (χ0v) is 27.4. The highest BCUT2D eigenvalue weighted by Crippen LogP contribution is 2.41. The van der Waals surface area contributed by atoms with Gasteiger partial charge in [-0.15, -0.1) is 0 Å². The second kappa shape index (κ2) is 13.9. The van der Waals surface area contributed by atoms with Gasteiger partial charge in [-0.2, -0.15) is 5.10 Å². The number of hydrogen-bond donors (Lipinski definition) is 3. The minimum absolute atomic E-state index is 0.0914. The van der Waals surface area contributed by atoms with Crippen LogP contribution in [0.15, 0.2) is 65.7 Å². The van der Waals surface area contributed by atoms with Gasteiger partial charge in [0.15, 0.2) is 0 Å². The number of anilines is 2. The molecule has 1 aliphatic carbocycles. The summed E-state index contributed by atoms with van der Waals surface area (Å²) < 4.78 is 6.93. The quantitative estimate of drug-likeness (QED) is 0.193. The van der Waals surface area contributed by atoms with Crippen LogP contribution in [0.4, 0.5) is 11.5 Å². The summed E-state index contributed by atoms with van der Waals surface area (Å²) in [5.41, 5.74) is 7.64. The third-order valence-electron chi connectivity index (χ3n) is 8.95. The summed E-state index contributed by atoms with van der Waals surface area (Å²) in [4.78, 5) is 32.4. The van der Waals surface area contributed by atoms with Crippen LogP contribution in [-0.4, -0.2) is 51.0 Å². The van der Waals surface area contributed by atoms with Crippen molar-refractivity contribution in [1.82, 2.24) is 25.1 Å². The van der Waals surface area contributed by atoms with Crippen molar-refractivity contribution in [3.8, 4) is 28.3 Å². The topological polar surface area (TPSA) is 131 Å². The van der Waals surface area contributed by atoms with E-state index in [1.165, 1.54) is 15.8 Å². The number of carboxylic acid groups (broad SMARTS) is 1. The van der Waals surface area contributed by atoms with Crippen LogP contribution in [0.5, 0.6) is 5.88 Å². The Kier molecular flexibility index (Phi) is 9.51. The van der Waals surface area contributed by atoms with E-state index in [2.05, 4.69) is 26.8 Å². The third-order valence-corrected chi connectivity index (χ3v) is 9.35. The first-order valence-electron chi connectivity index (χ1n) is 15.7. The van der Waals surface area contributed by atoms with Gasteiger partial charge in [-0.3, -0.25) is 9.59 Å². The molecule has 10 nitrogen and oxygen atoms in total. The molecule has 242 valence electrons. The Morgan fingerprint density at radius 1 is 1.09 bits per heavy atom. The van der Waals surface area contributed by atoms with Gasteiger partial charge in [-0.25, -0.2) is 14.6 Å². The molecule has 5 aromatic rings. The molecule has 1 aliphatic heterocycles. The average molecular weight is 653 g/mol. The van der Waals surface area contributed by atoms with Crippen LogP contribution < -0.4 is 20.9 Å². The summed E-state index contributed by atoms with van der Waals surface area (Å²) in [6.45, 7) is 3.75. The van der Waals surface area contributed by atoms with Crippen LogP contribution in [0.2, 0.25) is 5.02 Å². The van der Waals surface area contributed by atoms with E-state index < -0.39 is 5.97 Å². The van der Waals surface area contributed by atoms with E-state index in [1.807, 2.05) is 43.3 Å². The molecule has 2 aliphatic rings. The number of aryl methyl sites for hydroxylation is 2. The molecular formula is C36H37ClN6O4. The van der Waals surface area contributed by atoms with Gasteiger partial charge in [0, 0.05) is 41.0 Å².